The molecular weight excluding hydrogens is 300 g/mol. The fourth-order valence-corrected chi connectivity index (χ4v) is 2.93. The minimum absolute atomic E-state index is 0.107. The third-order valence-electron chi connectivity index (χ3n) is 4.50. The van der Waals surface area contributed by atoms with Gasteiger partial charge < -0.3 is 10.2 Å². The number of rotatable bonds is 5. The van der Waals surface area contributed by atoms with Crippen molar-refractivity contribution < 1.29 is 9.59 Å². The Morgan fingerprint density at radius 1 is 1.08 bits per heavy atom. The zero-order chi connectivity index (χ0) is 17.2. The first-order valence-corrected chi connectivity index (χ1v) is 8.32. The zero-order valence-electron chi connectivity index (χ0n) is 14.1. The molecule has 1 fully saturated rings. The highest BCUT2D eigenvalue weighted by atomic mass is 16.2. The number of anilines is 2. The van der Waals surface area contributed by atoms with Crippen LogP contribution in [0.1, 0.15) is 25.3 Å². The van der Waals surface area contributed by atoms with E-state index in [1.54, 1.807) is 4.90 Å². The Morgan fingerprint density at radius 3 is 2.38 bits per heavy atom. The molecule has 0 aliphatic heterocycles. The highest BCUT2D eigenvalue weighted by molar-refractivity contribution is 6.17. The quantitative estimate of drug-likeness (QED) is 0.852. The molecular formula is C20H22N2O2. The van der Waals surface area contributed by atoms with Gasteiger partial charge in [0, 0.05) is 17.9 Å². The minimum atomic E-state index is -0.921. The number of para-hydroxylation sites is 1. The van der Waals surface area contributed by atoms with Crippen LogP contribution in [0.15, 0.2) is 54.6 Å². The van der Waals surface area contributed by atoms with Crippen LogP contribution in [0.2, 0.25) is 0 Å². The lowest BCUT2D eigenvalue weighted by Gasteiger charge is -2.26. The van der Waals surface area contributed by atoms with Crippen LogP contribution in [0.3, 0.4) is 0 Å². The van der Waals surface area contributed by atoms with E-state index in [-0.39, 0.29) is 11.8 Å². The number of carbonyl (C=O) groups is 2. The zero-order valence-corrected chi connectivity index (χ0v) is 14.1. The molecule has 2 aromatic carbocycles. The van der Waals surface area contributed by atoms with Crippen LogP contribution in [0.4, 0.5) is 11.4 Å². The van der Waals surface area contributed by atoms with Crippen molar-refractivity contribution in [2.45, 2.75) is 26.7 Å². The van der Waals surface area contributed by atoms with E-state index in [1.165, 1.54) is 0 Å². The number of benzene rings is 2. The first-order valence-electron chi connectivity index (χ1n) is 8.32. The first kappa shape index (κ1) is 16.2. The summed E-state index contributed by atoms with van der Waals surface area (Å²) in [5.74, 6) is -0.311. The van der Waals surface area contributed by atoms with Crippen molar-refractivity contribution >= 4 is 23.2 Å². The summed E-state index contributed by atoms with van der Waals surface area (Å²) in [5.41, 5.74) is 1.74. The monoisotopic (exact) mass is 322 g/mol. The molecule has 24 heavy (non-hydrogen) atoms. The lowest BCUT2D eigenvalue weighted by atomic mass is 10.0. The molecule has 1 aliphatic carbocycles. The number of amides is 2. The number of nitrogens with zero attached hydrogens (tertiary/aromatic N) is 1. The molecule has 0 atom stereocenters. The first-order chi connectivity index (χ1) is 11.6. The molecule has 2 aromatic rings. The Balaban J connectivity index is 1.81. The highest BCUT2D eigenvalue weighted by Gasteiger charge is 2.58. The average Bonchev–Trinajstić information content (AvgIpc) is 3.38. The van der Waals surface area contributed by atoms with Gasteiger partial charge in [-0.1, -0.05) is 30.3 Å². The molecule has 1 aliphatic rings. The second-order valence-electron chi connectivity index (χ2n) is 6.29. The van der Waals surface area contributed by atoms with Crippen LogP contribution in [-0.4, -0.2) is 18.4 Å². The summed E-state index contributed by atoms with van der Waals surface area (Å²) in [5, 5.41) is 2.88. The Bertz CT molecular complexity index is 751. The van der Waals surface area contributed by atoms with Crippen LogP contribution in [0, 0.1) is 12.3 Å². The Morgan fingerprint density at radius 2 is 1.79 bits per heavy atom. The van der Waals surface area contributed by atoms with Crippen molar-refractivity contribution in [1.29, 1.82) is 0 Å². The summed E-state index contributed by atoms with van der Waals surface area (Å²) in [6.07, 6.45) is 1.21. The smallest absolute Gasteiger partial charge is 0.242 e. The van der Waals surface area contributed by atoms with Crippen molar-refractivity contribution in [2.75, 3.05) is 16.8 Å². The fraction of sp³-hybridized carbons (Fsp3) is 0.300. The molecule has 0 saturated heterocycles. The summed E-state index contributed by atoms with van der Waals surface area (Å²) in [4.78, 5) is 27.5. The molecule has 4 heteroatoms. The van der Waals surface area contributed by atoms with Gasteiger partial charge in [-0.15, -0.1) is 0 Å². The third-order valence-corrected chi connectivity index (χ3v) is 4.50. The van der Waals surface area contributed by atoms with Crippen molar-refractivity contribution in [1.82, 2.24) is 0 Å². The molecule has 0 aromatic heterocycles. The van der Waals surface area contributed by atoms with E-state index < -0.39 is 5.41 Å². The fourth-order valence-electron chi connectivity index (χ4n) is 2.93. The molecule has 0 unspecified atom stereocenters. The predicted molar refractivity (Wildman–Crippen MR) is 95.9 cm³/mol. The lowest BCUT2D eigenvalue weighted by molar-refractivity contribution is -0.132. The minimum Gasteiger partial charge on any atom is -0.325 e. The Kier molecular flexibility index (Phi) is 4.38. The van der Waals surface area contributed by atoms with Gasteiger partial charge in [-0.3, -0.25) is 9.59 Å². The summed E-state index contributed by atoms with van der Waals surface area (Å²) in [7, 11) is 0. The number of hydrogen-bond donors (Lipinski definition) is 1. The van der Waals surface area contributed by atoms with Crippen LogP contribution in [0.5, 0.6) is 0 Å². The van der Waals surface area contributed by atoms with Gasteiger partial charge in [0.25, 0.3) is 0 Å². The van der Waals surface area contributed by atoms with Gasteiger partial charge >= 0.3 is 0 Å². The van der Waals surface area contributed by atoms with Crippen molar-refractivity contribution in [3.8, 4) is 0 Å². The van der Waals surface area contributed by atoms with E-state index in [1.807, 2.05) is 68.4 Å². The number of carbonyl (C=O) groups excluding carboxylic acids is 2. The predicted octanol–water partition coefficient (Wildman–Crippen LogP) is 3.77. The highest BCUT2D eigenvalue weighted by Crippen LogP contribution is 2.48. The molecule has 4 nitrogen and oxygen atoms in total. The van der Waals surface area contributed by atoms with E-state index in [9.17, 15) is 9.59 Å². The largest absolute Gasteiger partial charge is 0.325 e. The molecule has 1 saturated carbocycles. The van der Waals surface area contributed by atoms with Crippen LogP contribution < -0.4 is 10.2 Å². The molecule has 0 radical (unpaired) electrons. The van der Waals surface area contributed by atoms with Crippen LogP contribution >= 0.6 is 0 Å². The van der Waals surface area contributed by atoms with Crippen LogP contribution in [0.25, 0.3) is 0 Å². The van der Waals surface area contributed by atoms with Crippen molar-refractivity contribution in [2.24, 2.45) is 5.41 Å². The Labute approximate surface area is 142 Å². The number of hydrogen-bond acceptors (Lipinski definition) is 2. The van der Waals surface area contributed by atoms with Crippen molar-refractivity contribution in [3.05, 3.63) is 60.2 Å². The van der Waals surface area contributed by atoms with E-state index >= 15 is 0 Å². The average molecular weight is 322 g/mol. The van der Waals surface area contributed by atoms with E-state index in [4.69, 9.17) is 0 Å². The maximum atomic E-state index is 13.1. The second kappa shape index (κ2) is 6.48. The van der Waals surface area contributed by atoms with E-state index in [2.05, 4.69) is 5.32 Å². The second-order valence-corrected chi connectivity index (χ2v) is 6.29. The third kappa shape index (κ3) is 3.04. The maximum Gasteiger partial charge on any atom is 0.242 e. The summed E-state index contributed by atoms with van der Waals surface area (Å²) < 4.78 is 0. The lowest BCUT2D eigenvalue weighted by Crippen LogP contribution is -2.43. The van der Waals surface area contributed by atoms with Gasteiger partial charge in [0.15, 0.2) is 0 Å². The topological polar surface area (TPSA) is 49.4 Å². The van der Waals surface area contributed by atoms with E-state index in [0.29, 0.717) is 19.4 Å². The van der Waals surface area contributed by atoms with Gasteiger partial charge in [-0.25, -0.2) is 0 Å². The standard InChI is InChI=1S/C20H22N2O2/c1-3-22(17-11-7-8-15(2)14-17)19(24)20(12-13-20)18(23)21-16-9-5-4-6-10-16/h4-11,14H,3,12-13H2,1-2H3,(H,21,23). The summed E-state index contributed by atoms with van der Waals surface area (Å²) in [6, 6.07) is 17.1. The molecule has 124 valence electrons. The Hall–Kier alpha value is -2.62. The molecule has 0 spiro atoms. The van der Waals surface area contributed by atoms with Gasteiger partial charge in [0.05, 0.1) is 0 Å². The van der Waals surface area contributed by atoms with Crippen LogP contribution in [-0.2, 0) is 9.59 Å². The molecule has 1 N–H and O–H groups in total. The van der Waals surface area contributed by atoms with Gasteiger partial charge in [0.2, 0.25) is 11.8 Å². The molecule has 0 bridgehead atoms. The summed E-state index contributed by atoms with van der Waals surface area (Å²) >= 11 is 0. The summed E-state index contributed by atoms with van der Waals surface area (Å²) in [6.45, 7) is 4.48. The normalized spacial score (nSPS) is 14.8. The van der Waals surface area contributed by atoms with Gasteiger partial charge in [-0.2, -0.15) is 0 Å². The number of nitrogens with one attached hydrogen (secondary N) is 1. The van der Waals surface area contributed by atoms with Gasteiger partial charge in [0.1, 0.15) is 5.41 Å². The maximum absolute atomic E-state index is 13.1. The SMILES string of the molecule is CCN(C(=O)C1(C(=O)Nc2ccccc2)CC1)c1cccc(C)c1. The number of aryl methyl sites for hydroxylation is 1. The van der Waals surface area contributed by atoms with E-state index in [0.717, 1.165) is 16.9 Å². The van der Waals surface area contributed by atoms with Crippen molar-refractivity contribution in [3.63, 3.8) is 0 Å². The van der Waals surface area contributed by atoms with Gasteiger partial charge in [-0.05, 0) is 56.5 Å². The molecule has 3 rings (SSSR count). The molecule has 0 heterocycles. The molecule has 2 amide bonds.